The average molecular weight is 404 g/mol. The van der Waals surface area contributed by atoms with E-state index >= 15 is 0 Å². The number of aryl methyl sites for hydroxylation is 1. The van der Waals surface area contributed by atoms with Crippen LogP contribution in [0.2, 0.25) is 0 Å². The van der Waals surface area contributed by atoms with Crippen molar-refractivity contribution in [3.63, 3.8) is 0 Å². The molecule has 1 aromatic heterocycles. The van der Waals surface area contributed by atoms with Crippen molar-refractivity contribution >= 4 is 28.5 Å². The van der Waals surface area contributed by atoms with Gasteiger partial charge in [0.05, 0.1) is 23.0 Å². The van der Waals surface area contributed by atoms with E-state index in [0.29, 0.717) is 32.6 Å². The largest absolute Gasteiger partial charge is 0.381 e. The van der Waals surface area contributed by atoms with Crippen molar-refractivity contribution in [2.45, 2.75) is 38.3 Å². The number of fused-ring (bicyclic) bond motifs is 2. The molecule has 2 aromatic carbocycles. The molecule has 3 aromatic rings. The predicted molar refractivity (Wildman–Crippen MR) is 113 cm³/mol. The van der Waals surface area contributed by atoms with Gasteiger partial charge in [-0.3, -0.25) is 9.59 Å². The molecule has 2 aliphatic rings. The van der Waals surface area contributed by atoms with Gasteiger partial charge in [0.2, 0.25) is 5.91 Å². The maximum absolute atomic E-state index is 13.1. The highest BCUT2D eigenvalue weighted by atomic mass is 16.5. The number of benzene rings is 2. The maximum atomic E-state index is 13.1. The molecule has 5 rings (SSSR count). The minimum atomic E-state index is -0.535. The van der Waals surface area contributed by atoms with E-state index in [-0.39, 0.29) is 18.2 Å². The second-order valence-corrected chi connectivity index (χ2v) is 8.16. The molecule has 30 heavy (non-hydrogen) atoms. The molecule has 3 heterocycles. The quantitative estimate of drug-likeness (QED) is 0.698. The van der Waals surface area contributed by atoms with E-state index in [1.165, 1.54) is 0 Å². The maximum Gasteiger partial charge on any atom is 0.254 e. The number of amides is 2. The lowest BCUT2D eigenvalue weighted by molar-refractivity contribution is -0.120. The second-order valence-electron chi connectivity index (χ2n) is 8.16. The molecule has 154 valence electrons. The Balaban J connectivity index is 1.38. The SMILES string of the molecule is Cc1nc2ccc(NC(=O)CC3(N4Cc5ccccc5C4=O)CCOCC3)cc2[nH]1. The Morgan fingerprint density at radius 3 is 2.83 bits per heavy atom. The summed E-state index contributed by atoms with van der Waals surface area (Å²) in [5.74, 6) is 0.743. The van der Waals surface area contributed by atoms with Crippen molar-refractivity contribution in [3.8, 4) is 0 Å². The van der Waals surface area contributed by atoms with Gasteiger partial charge in [-0.2, -0.15) is 0 Å². The Labute approximate surface area is 174 Å². The number of hydrogen-bond donors (Lipinski definition) is 2. The van der Waals surface area contributed by atoms with Gasteiger partial charge in [-0.1, -0.05) is 18.2 Å². The average Bonchev–Trinajstić information content (AvgIpc) is 3.28. The number of carbonyl (C=O) groups is 2. The van der Waals surface area contributed by atoms with Crippen LogP contribution in [0.4, 0.5) is 5.69 Å². The van der Waals surface area contributed by atoms with E-state index in [2.05, 4.69) is 15.3 Å². The molecule has 0 unspecified atom stereocenters. The number of anilines is 1. The highest BCUT2D eigenvalue weighted by molar-refractivity contribution is 6.00. The number of nitrogens with one attached hydrogen (secondary N) is 2. The molecule has 7 nitrogen and oxygen atoms in total. The van der Waals surface area contributed by atoms with Crippen molar-refractivity contribution in [2.24, 2.45) is 0 Å². The van der Waals surface area contributed by atoms with Crippen molar-refractivity contribution < 1.29 is 14.3 Å². The van der Waals surface area contributed by atoms with Crippen LogP contribution in [0.5, 0.6) is 0 Å². The van der Waals surface area contributed by atoms with Gasteiger partial charge in [-0.05, 0) is 49.6 Å². The van der Waals surface area contributed by atoms with Crippen LogP contribution < -0.4 is 5.32 Å². The van der Waals surface area contributed by atoms with Crippen molar-refractivity contribution in [1.82, 2.24) is 14.9 Å². The van der Waals surface area contributed by atoms with Gasteiger partial charge < -0.3 is 19.9 Å². The van der Waals surface area contributed by atoms with E-state index in [1.807, 2.05) is 54.3 Å². The minimum absolute atomic E-state index is 0.00894. The third kappa shape index (κ3) is 3.25. The Morgan fingerprint density at radius 1 is 1.23 bits per heavy atom. The summed E-state index contributed by atoms with van der Waals surface area (Å²) in [5, 5.41) is 3.01. The van der Waals surface area contributed by atoms with Gasteiger partial charge in [0.1, 0.15) is 5.82 Å². The molecule has 0 radical (unpaired) electrons. The number of imidazole rings is 1. The van der Waals surface area contributed by atoms with E-state index in [0.717, 1.165) is 33.7 Å². The van der Waals surface area contributed by atoms with Gasteiger partial charge in [0.15, 0.2) is 0 Å². The summed E-state index contributed by atoms with van der Waals surface area (Å²) in [6.07, 6.45) is 1.55. The lowest BCUT2D eigenvalue weighted by Crippen LogP contribution is -2.54. The lowest BCUT2D eigenvalue weighted by Gasteiger charge is -2.44. The highest BCUT2D eigenvalue weighted by Crippen LogP contribution is 2.38. The first-order valence-corrected chi connectivity index (χ1v) is 10.3. The van der Waals surface area contributed by atoms with Crippen molar-refractivity contribution in [2.75, 3.05) is 18.5 Å². The van der Waals surface area contributed by atoms with Gasteiger partial charge in [-0.15, -0.1) is 0 Å². The normalized spacial score (nSPS) is 17.9. The minimum Gasteiger partial charge on any atom is -0.381 e. The number of hydrogen-bond acceptors (Lipinski definition) is 4. The second kappa shape index (κ2) is 7.25. The smallest absolute Gasteiger partial charge is 0.254 e. The number of carbonyl (C=O) groups excluding carboxylic acids is 2. The van der Waals surface area contributed by atoms with Crippen LogP contribution in [0.3, 0.4) is 0 Å². The van der Waals surface area contributed by atoms with E-state index in [1.54, 1.807) is 0 Å². The molecule has 0 aliphatic carbocycles. The summed E-state index contributed by atoms with van der Waals surface area (Å²) in [4.78, 5) is 35.7. The van der Waals surface area contributed by atoms with Crippen LogP contribution in [0.1, 0.15) is 41.0 Å². The predicted octanol–water partition coefficient (Wildman–Crippen LogP) is 3.41. The van der Waals surface area contributed by atoms with Gasteiger partial charge in [0, 0.05) is 31.0 Å². The number of aromatic amines is 1. The van der Waals surface area contributed by atoms with Crippen molar-refractivity contribution in [3.05, 3.63) is 59.4 Å². The Bertz CT molecular complexity index is 1130. The van der Waals surface area contributed by atoms with Crippen LogP contribution >= 0.6 is 0 Å². The molecule has 2 aliphatic heterocycles. The Hall–Kier alpha value is -3.19. The van der Waals surface area contributed by atoms with Crippen molar-refractivity contribution in [1.29, 1.82) is 0 Å². The standard InChI is InChI=1S/C23H24N4O3/c1-15-24-19-7-6-17(12-20(19)25-15)26-21(28)13-23(8-10-30-11-9-23)27-14-16-4-2-3-5-18(16)22(27)29/h2-7,12H,8-11,13-14H2,1H3,(H,24,25)(H,26,28). The fourth-order valence-corrected chi connectivity index (χ4v) is 4.65. The van der Waals surface area contributed by atoms with Crippen LogP contribution in [0, 0.1) is 6.92 Å². The van der Waals surface area contributed by atoms with E-state index in [9.17, 15) is 9.59 Å². The van der Waals surface area contributed by atoms with Crippen LogP contribution in [-0.2, 0) is 16.1 Å². The van der Waals surface area contributed by atoms with Gasteiger partial charge in [0.25, 0.3) is 5.91 Å². The number of H-pyrrole nitrogens is 1. The summed E-state index contributed by atoms with van der Waals surface area (Å²) in [6, 6.07) is 13.3. The van der Waals surface area contributed by atoms with Crippen LogP contribution in [0.25, 0.3) is 11.0 Å². The molecule has 0 saturated carbocycles. The third-order valence-electron chi connectivity index (χ3n) is 6.19. The van der Waals surface area contributed by atoms with Gasteiger partial charge >= 0.3 is 0 Å². The topological polar surface area (TPSA) is 87.3 Å². The molecule has 1 fully saturated rings. The summed E-state index contributed by atoms with van der Waals surface area (Å²) in [7, 11) is 0. The fraction of sp³-hybridized carbons (Fsp3) is 0.348. The first kappa shape index (κ1) is 18.8. The number of aromatic nitrogens is 2. The first-order valence-electron chi connectivity index (χ1n) is 10.3. The third-order valence-corrected chi connectivity index (χ3v) is 6.19. The zero-order valence-electron chi connectivity index (χ0n) is 16.9. The van der Waals surface area contributed by atoms with Crippen LogP contribution in [-0.4, -0.2) is 45.4 Å². The van der Waals surface area contributed by atoms with E-state index in [4.69, 9.17) is 4.74 Å². The molecule has 0 spiro atoms. The number of nitrogens with zero attached hydrogens (tertiary/aromatic N) is 2. The molecule has 2 N–H and O–H groups in total. The van der Waals surface area contributed by atoms with E-state index < -0.39 is 5.54 Å². The Morgan fingerprint density at radius 2 is 2.03 bits per heavy atom. The molecular formula is C23H24N4O3. The molecule has 0 atom stereocenters. The molecule has 0 bridgehead atoms. The summed E-state index contributed by atoms with van der Waals surface area (Å²) >= 11 is 0. The number of ether oxygens (including phenoxy) is 1. The van der Waals surface area contributed by atoms with Gasteiger partial charge in [-0.25, -0.2) is 4.98 Å². The summed E-state index contributed by atoms with van der Waals surface area (Å²) < 4.78 is 5.57. The fourth-order valence-electron chi connectivity index (χ4n) is 4.65. The highest BCUT2D eigenvalue weighted by Gasteiger charge is 2.46. The monoisotopic (exact) mass is 404 g/mol. The molecule has 7 heteroatoms. The molecular weight excluding hydrogens is 380 g/mol. The molecule has 1 saturated heterocycles. The number of rotatable bonds is 4. The first-order chi connectivity index (χ1) is 14.5. The summed E-state index contributed by atoms with van der Waals surface area (Å²) in [6.45, 7) is 3.54. The summed E-state index contributed by atoms with van der Waals surface area (Å²) in [5.41, 5.74) is 3.70. The lowest BCUT2D eigenvalue weighted by atomic mass is 9.84. The molecule has 2 amide bonds. The zero-order chi connectivity index (χ0) is 20.7. The van der Waals surface area contributed by atoms with Crippen LogP contribution in [0.15, 0.2) is 42.5 Å². The zero-order valence-corrected chi connectivity index (χ0v) is 16.9. The Kier molecular flexibility index (Phi) is 4.55.